The van der Waals surface area contributed by atoms with E-state index in [4.69, 9.17) is 21.6 Å². The van der Waals surface area contributed by atoms with Crippen LogP contribution < -0.4 is 4.74 Å². The normalized spacial score (nSPS) is 9.29. The van der Waals surface area contributed by atoms with Gasteiger partial charge in [0.1, 0.15) is 17.4 Å². The zero-order valence-electron chi connectivity index (χ0n) is 7.80. The SMILES string of the molecule is COc1ccc(C)c(C(=O)Cl)c1C#N. The highest BCUT2D eigenvalue weighted by Gasteiger charge is 2.16. The molecule has 1 aromatic rings. The molecule has 1 aromatic carbocycles. The van der Waals surface area contributed by atoms with E-state index < -0.39 is 5.24 Å². The van der Waals surface area contributed by atoms with Crippen LogP contribution in [0.1, 0.15) is 21.5 Å². The second kappa shape index (κ2) is 4.12. The number of carbonyl (C=O) groups excluding carboxylic acids is 1. The molecule has 0 atom stereocenters. The molecule has 0 spiro atoms. The van der Waals surface area contributed by atoms with Crippen LogP contribution in [0, 0.1) is 18.3 Å². The maximum atomic E-state index is 11.1. The van der Waals surface area contributed by atoms with Crippen molar-refractivity contribution in [3.05, 3.63) is 28.8 Å². The summed E-state index contributed by atoms with van der Waals surface area (Å²) in [5.74, 6) is 0.363. The molecule has 0 bridgehead atoms. The van der Waals surface area contributed by atoms with Gasteiger partial charge in [-0.05, 0) is 30.2 Å². The van der Waals surface area contributed by atoms with E-state index in [1.807, 2.05) is 6.07 Å². The number of carbonyl (C=O) groups is 1. The second-order valence-corrected chi connectivity index (χ2v) is 3.06. The van der Waals surface area contributed by atoms with Crippen LogP contribution in [0.15, 0.2) is 12.1 Å². The van der Waals surface area contributed by atoms with Crippen LogP contribution in [0.3, 0.4) is 0 Å². The van der Waals surface area contributed by atoms with Gasteiger partial charge < -0.3 is 4.74 Å². The van der Waals surface area contributed by atoms with Crippen molar-refractivity contribution in [1.82, 2.24) is 0 Å². The van der Waals surface area contributed by atoms with Gasteiger partial charge in [-0.15, -0.1) is 0 Å². The maximum absolute atomic E-state index is 11.1. The van der Waals surface area contributed by atoms with E-state index in [0.29, 0.717) is 11.3 Å². The third kappa shape index (κ3) is 1.70. The predicted octanol–water partition coefficient (Wildman–Crippen LogP) is 2.25. The van der Waals surface area contributed by atoms with Crippen LogP contribution in [0.25, 0.3) is 0 Å². The standard InChI is InChI=1S/C10H8ClNO2/c1-6-3-4-8(14-2)7(5-12)9(6)10(11)13/h3-4H,1-2H3. The number of halogens is 1. The summed E-state index contributed by atoms with van der Waals surface area (Å²) in [6.45, 7) is 1.72. The highest BCUT2D eigenvalue weighted by molar-refractivity contribution is 6.68. The van der Waals surface area contributed by atoms with Crippen molar-refractivity contribution in [2.75, 3.05) is 7.11 Å². The summed E-state index contributed by atoms with van der Waals surface area (Å²) >= 11 is 5.38. The minimum Gasteiger partial charge on any atom is -0.495 e. The molecule has 1 rings (SSSR count). The van der Waals surface area contributed by atoms with E-state index in [0.717, 1.165) is 0 Å². The summed E-state index contributed by atoms with van der Waals surface area (Å²) in [6, 6.07) is 5.23. The molecular weight excluding hydrogens is 202 g/mol. The zero-order chi connectivity index (χ0) is 10.7. The van der Waals surface area contributed by atoms with Gasteiger partial charge in [0.2, 0.25) is 0 Å². The molecule has 0 saturated carbocycles. The maximum Gasteiger partial charge on any atom is 0.254 e. The molecule has 3 nitrogen and oxygen atoms in total. The second-order valence-electron chi connectivity index (χ2n) is 2.72. The summed E-state index contributed by atoms with van der Waals surface area (Å²) in [6.07, 6.45) is 0. The van der Waals surface area contributed by atoms with Crippen LogP contribution in [0.2, 0.25) is 0 Å². The van der Waals surface area contributed by atoms with Crippen molar-refractivity contribution in [2.24, 2.45) is 0 Å². The first-order valence-corrected chi connectivity index (χ1v) is 4.27. The fraction of sp³-hybridized carbons (Fsp3) is 0.200. The van der Waals surface area contributed by atoms with Crippen LogP contribution in [-0.4, -0.2) is 12.4 Å². The Morgan fingerprint density at radius 1 is 1.57 bits per heavy atom. The molecule has 72 valence electrons. The molecule has 0 heterocycles. The quantitative estimate of drug-likeness (QED) is 0.702. The number of nitriles is 1. The Labute approximate surface area is 86.9 Å². The van der Waals surface area contributed by atoms with E-state index in [9.17, 15) is 4.79 Å². The number of ether oxygens (including phenoxy) is 1. The predicted molar refractivity (Wildman–Crippen MR) is 52.6 cm³/mol. The topological polar surface area (TPSA) is 50.1 Å². The molecule has 0 saturated heterocycles. The lowest BCUT2D eigenvalue weighted by Crippen LogP contribution is -2.00. The number of benzene rings is 1. The lowest BCUT2D eigenvalue weighted by molar-refractivity contribution is 0.108. The van der Waals surface area contributed by atoms with E-state index in [1.165, 1.54) is 7.11 Å². The minimum atomic E-state index is -0.641. The molecule has 0 aliphatic carbocycles. The summed E-state index contributed by atoms with van der Waals surface area (Å²) in [5.41, 5.74) is 1.07. The van der Waals surface area contributed by atoms with E-state index in [1.54, 1.807) is 19.1 Å². The van der Waals surface area contributed by atoms with Crippen molar-refractivity contribution >= 4 is 16.8 Å². The van der Waals surface area contributed by atoms with E-state index in [-0.39, 0.29) is 11.1 Å². The van der Waals surface area contributed by atoms with Gasteiger partial charge >= 0.3 is 0 Å². The van der Waals surface area contributed by atoms with Gasteiger partial charge in [-0.25, -0.2) is 0 Å². The van der Waals surface area contributed by atoms with Gasteiger partial charge in [0.15, 0.2) is 0 Å². The van der Waals surface area contributed by atoms with Gasteiger partial charge in [-0.1, -0.05) is 6.07 Å². The van der Waals surface area contributed by atoms with Crippen LogP contribution in [-0.2, 0) is 0 Å². The summed E-state index contributed by atoms with van der Waals surface area (Å²) < 4.78 is 4.95. The average Bonchev–Trinajstić information content (AvgIpc) is 2.16. The average molecular weight is 210 g/mol. The molecule has 0 radical (unpaired) electrons. The van der Waals surface area contributed by atoms with Gasteiger partial charge in [0, 0.05) is 0 Å². The first kappa shape index (κ1) is 10.6. The monoisotopic (exact) mass is 209 g/mol. The molecule has 0 aliphatic heterocycles. The molecule has 0 N–H and O–H groups in total. The Hall–Kier alpha value is -1.53. The summed E-state index contributed by atoms with van der Waals surface area (Å²) in [7, 11) is 1.44. The molecule has 0 aliphatic rings. The highest BCUT2D eigenvalue weighted by Crippen LogP contribution is 2.25. The van der Waals surface area contributed by atoms with Crippen molar-refractivity contribution in [3.8, 4) is 11.8 Å². The van der Waals surface area contributed by atoms with Gasteiger partial charge in [-0.3, -0.25) is 4.79 Å². The number of hydrogen-bond acceptors (Lipinski definition) is 3. The Kier molecular flexibility index (Phi) is 3.10. The molecule has 0 fully saturated rings. The first-order valence-electron chi connectivity index (χ1n) is 3.89. The molecule has 0 amide bonds. The summed E-state index contributed by atoms with van der Waals surface area (Å²) in [4.78, 5) is 11.1. The largest absolute Gasteiger partial charge is 0.495 e. The van der Waals surface area contributed by atoms with Crippen LogP contribution in [0.4, 0.5) is 0 Å². The number of nitrogens with zero attached hydrogens (tertiary/aromatic N) is 1. The van der Waals surface area contributed by atoms with Crippen molar-refractivity contribution < 1.29 is 9.53 Å². The van der Waals surface area contributed by atoms with E-state index in [2.05, 4.69) is 0 Å². The number of aryl methyl sites for hydroxylation is 1. The first-order chi connectivity index (χ1) is 6.61. The lowest BCUT2D eigenvalue weighted by Gasteiger charge is -2.07. The Morgan fingerprint density at radius 2 is 2.21 bits per heavy atom. The number of hydrogen-bond donors (Lipinski definition) is 0. The zero-order valence-corrected chi connectivity index (χ0v) is 8.55. The fourth-order valence-electron chi connectivity index (χ4n) is 1.22. The third-order valence-corrected chi connectivity index (χ3v) is 2.09. The Morgan fingerprint density at radius 3 is 2.64 bits per heavy atom. The van der Waals surface area contributed by atoms with Gasteiger partial charge in [0.05, 0.1) is 12.7 Å². The van der Waals surface area contributed by atoms with Crippen LogP contribution in [0.5, 0.6) is 5.75 Å². The fourth-order valence-corrected chi connectivity index (χ4v) is 1.47. The number of methoxy groups -OCH3 is 1. The Balaban J connectivity index is 3.53. The third-order valence-electron chi connectivity index (χ3n) is 1.90. The van der Waals surface area contributed by atoms with Gasteiger partial charge in [-0.2, -0.15) is 5.26 Å². The Bertz CT molecular complexity index is 421. The minimum absolute atomic E-state index is 0.188. The van der Waals surface area contributed by atoms with E-state index >= 15 is 0 Å². The lowest BCUT2D eigenvalue weighted by atomic mass is 10.0. The molecule has 4 heteroatoms. The van der Waals surface area contributed by atoms with Gasteiger partial charge in [0.25, 0.3) is 5.24 Å². The number of rotatable bonds is 2. The van der Waals surface area contributed by atoms with Crippen molar-refractivity contribution in [3.63, 3.8) is 0 Å². The molecule has 0 unspecified atom stereocenters. The van der Waals surface area contributed by atoms with Crippen molar-refractivity contribution in [1.29, 1.82) is 5.26 Å². The molecule has 0 aromatic heterocycles. The molecule has 14 heavy (non-hydrogen) atoms. The van der Waals surface area contributed by atoms with Crippen molar-refractivity contribution in [2.45, 2.75) is 6.92 Å². The smallest absolute Gasteiger partial charge is 0.254 e. The highest BCUT2D eigenvalue weighted by atomic mass is 35.5. The summed E-state index contributed by atoms with van der Waals surface area (Å²) in [5, 5.41) is 8.22. The van der Waals surface area contributed by atoms with Crippen LogP contribution >= 0.6 is 11.6 Å². The molecular formula is C10H8ClNO2.